The quantitative estimate of drug-likeness (QED) is 0.829. The van der Waals surface area contributed by atoms with Crippen molar-refractivity contribution >= 4 is 27.3 Å². The molecule has 2 aliphatic rings. The van der Waals surface area contributed by atoms with E-state index in [0.717, 1.165) is 5.56 Å². The van der Waals surface area contributed by atoms with E-state index in [0.29, 0.717) is 36.6 Å². The van der Waals surface area contributed by atoms with Gasteiger partial charge in [0.2, 0.25) is 5.91 Å². The number of rotatable bonds is 4. The Balaban J connectivity index is 1.42. The third-order valence-corrected chi connectivity index (χ3v) is 8.35. The van der Waals surface area contributed by atoms with E-state index < -0.39 is 15.7 Å². The van der Waals surface area contributed by atoms with Gasteiger partial charge in [0.15, 0.2) is 0 Å². The normalized spacial score (nSPS) is 23.2. The molecule has 6 nitrogen and oxygen atoms in total. The molecule has 3 heterocycles. The summed E-state index contributed by atoms with van der Waals surface area (Å²) in [5.41, 5.74) is 0.604. The van der Waals surface area contributed by atoms with Gasteiger partial charge in [-0.3, -0.25) is 10.1 Å². The maximum absolute atomic E-state index is 12.7. The molecule has 0 bridgehead atoms. The fourth-order valence-electron chi connectivity index (χ4n) is 3.67. The first-order valence-corrected chi connectivity index (χ1v) is 11.0. The predicted octanol–water partition coefficient (Wildman–Crippen LogP) is 1.56. The fourth-order valence-corrected chi connectivity index (χ4v) is 6.25. The first-order chi connectivity index (χ1) is 12.5. The third-order valence-electron chi connectivity index (χ3n) is 5.08. The number of sulfonamides is 1. The molecule has 1 unspecified atom stereocenters. The largest absolute Gasteiger partial charge is 0.337 e. The Hall–Kier alpha value is -1.74. The second-order valence-corrected chi connectivity index (χ2v) is 9.91. The third kappa shape index (κ3) is 3.29. The summed E-state index contributed by atoms with van der Waals surface area (Å²) in [6.07, 6.45) is 1.76. The van der Waals surface area contributed by atoms with Gasteiger partial charge < -0.3 is 5.32 Å². The van der Waals surface area contributed by atoms with Gasteiger partial charge in [-0.05, 0) is 36.3 Å². The van der Waals surface area contributed by atoms with Crippen LogP contribution in [0.1, 0.15) is 18.4 Å². The molecular formula is C18H21N3O3S2. The van der Waals surface area contributed by atoms with Crippen LogP contribution in [0.5, 0.6) is 0 Å². The van der Waals surface area contributed by atoms with Crippen LogP contribution < -0.4 is 10.6 Å². The van der Waals surface area contributed by atoms with Crippen LogP contribution in [0.3, 0.4) is 0 Å². The van der Waals surface area contributed by atoms with Crippen molar-refractivity contribution in [2.24, 2.45) is 0 Å². The van der Waals surface area contributed by atoms with Crippen LogP contribution in [0, 0.1) is 0 Å². The summed E-state index contributed by atoms with van der Waals surface area (Å²) >= 11 is 1.23. The van der Waals surface area contributed by atoms with Gasteiger partial charge in [-0.15, -0.1) is 11.3 Å². The lowest BCUT2D eigenvalue weighted by Gasteiger charge is -2.38. The van der Waals surface area contributed by atoms with Crippen molar-refractivity contribution in [3.05, 3.63) is 53.4 Å². The van der Waals surface area contributed by atoms with E-state index >= 15 is 0 Å². The van der Waals surface area contributed by atoms with Crippen molar-refractivity contribution < 1.29 is 13.2 Å². The van der Waals surface area contributed by atoms with Crippen molar-refractivity contribution in [1.29, 1.82) is 0 Å². The maximum atomic E-state index is 12.7. The Morgan fingerprint density at radius 1 is 1.12 bits per heavy atom. The molecular weight excluding hydrogens is 370 g/mol. The van der Waals surface area contributed by atoms with E-state index in [1.165, 1.54) is 15.6 Å². The summed E-state index contributed by atoms with van der Waals surface area (Å²) in [4.78, 5) is 12.4. The lowest BCUT2D eigenvalue weighted by molar-refractivity contribution is -0.121. The minimum absolute atomic E-state index is 0.0107. The summed E-state index contributed by atoms with van der Waals surface area (Å²) in [5.74, 6) is -0.0107. The van der Waals surface area contributed by atoms with Crippen molar-refractivity contribution in [3.63, 3.8) is 0 Å². The molecule has 8 heteroatoms. The number of nitrogens with one attached hydrogen (secondary N) is 2. The van der Waals surface area contributed by atoms with Gasteiger partial charge in [0.1, 0.15) is 4.21 Å². The molecule has 26 heavy (non-hydrogen) atoms. The van der Waals surface area contributed by atoms with Crippen LogP contribution >= 0.6 is 11.3 Å². The van der Waals surface area contributed by atoms with Gasteiger partial charge in [0, 0.05) is 13.1 Å². The molecule has 1 atom stereocenters. The SMILES string of the molecule is O=C1NC2(CCN(S(=O)(=O)c3cccs3)CC2)NC1Cc1ccccc1. The molecule has 2 N–H and O–H groups in total. The highest BCUT2D eigenvalue weighted by Gasteiger charge is 2.46. The highest BCUT2D eigenvalue weighted by Crippen LogP contribution is 2.29. The van der Waals surface area contributed by atoms with Gasteiger partial charge in [-0.25, -0.2) is 8.42 Å². The Morgan fingerprint density at radius 3 is 2.50 bits per heavy atom. The van der Waals surface area contributed by atoms with Crippen molar-refractivity contribution in [3.8, 4) is 0 Å². The molecule has 2 aliphatic heterocycles. The number of piperidine rings is 1. The lowest BCUT2D eigenvalue weighted by Crippen LogP contribution is -2.58. The Kier molecular flexibility index (Phi) is 4.60. The number of benzene rings is 1. The Bertz CT molecular complexity index is 874. The highest BCUT2D eigenvalue weighted by molar-refractivity contribution is 7.91. The molecule has 1 amide bonds. The average molecular weight is 392 g/mol. The first-order valence-electron chi connectivity index (χ1n) is 8.66. The van der Waals surface area contributed by atoms with Gasteiger partial charge in [-0.1, -0.05) is 36.4 Å². The van der Waals surface area contributed by atoms with Gasteiger partial charge >= 0.3 is 0 Å². The van der Waals surface area contributed by atoms with Crippen molar-refractivity contribution in [2.45, 2.75) is 35.2 Å². The highest BCUT2D eigenvalue weighted by atomic mass is 32.2. The van der Waals surface area contributed by atoms with E-state index in [4.69, 9.17) is 0 Å². The average Bonchev–Trinajstić information content (AvgIpc) is 3.26. The number of hydrogen-bond donors (Lipinski definition) is 2. The molecule has 2 fully saturated rings. The van der Waals surface area contributed by atoms with E-state index in [1.807, 2.05) is 30.3 Å². The lowest BCUT2D eigenvalue weighted by atomic mass is 9.99. The van der Waals surface area contributed by atoms with Crippen LogP contribution in [0.4, 0.5) is 0 Å². The van der Waals surface area contributed by atoms with Crippen LogP contribution in [0.15, 0.2) is 52.1 Å². The maximum Gasteiger partial charge on any atom is 0.252 e. The molecule has 0 saturated carbocycles. The van der Waals surface area contributed by atoms with Gasteiger partial charge in [0.05, 0.1) is 11.7 Å². The van der Waals surface area contributed by atoms with Crippen molar-refractivity contribution in [1.82, 2.24) is 14.9 Å². The number of nitrogens with zero attached hydrogens (tertiary/aromatic N) is 1. The zero-order valence-corrected chi connectivity index (χ0v) is 15.9. The van der Waals surface area contributed by atoms with E-state index in [2.05, 4.69) is 10.6 Å². The van der Waals surface area contributed by atoms with Crippen LogP contribution in [-0.2, 0) is 21.2 Å². The summed E-state index contributed by atoms with van der Waals surface area (Å²) in [5, 5.41) is 8.28. The number of carbonyl (C=O) groups excluding carboxylic acids is 1. The molecule has 0 radical (unpaired) electrons. The second kappa shape index (κ2) is 6.77. The predicted molar refractivity (Wildman–Crippen MR) is 100 cm³/mol. The summed E-state index contributed by atoms with van der Waals surface area (Å²) in [6, 6.07) is 13.0. The van der Waals surface area contributed by atoms with Crippen LogP contribution in [-0.4, -0.2) is 43.4 Å². The van der Waals surface area contributed by atoms with Crippen LogP contribution in [0.25, 0.3) is 0 Å². The molecule has 1 aromatic carbocycles. The topological polar surface area (TPSA) is 78.5 Å². The Morgan fingerprint density at radius 2 is 1.85 bits per heavy atom. The van der Waals surface area contributed by atoms with Gasteiger partial charge in [0.25, 0.3) is 10.0 Å². The molecule has 138 valence electrons. The Labute approximate surface area is 157 Å². The number of amides is 1. The van der Waals surface area contributed by atoms with E-state index in [9.17, 15) is 13.2 Å². The van der Waals surface area contributed by atoms with E-state index in [-0.39, 0.29) is 11.9 Å². The van der Waals surface area contributed by atoms with Crippen LogP contribution in [0.2, 0.25) is 0 Å². The number of thiophene rings is 1. The first kappa shape index (κ1) is 17.7. The molecule has 1 spiro atoms. The zero-order chi connectivity index (χ0) is 18.2. The zero-order valence-electron chi connectivity index (χ0n) is 14.2. The summed E-state index contributed by atoms with van der Waals surface area (Å²) < 4.78 is 27.2. The minimum atomic E-state index is -3.43. The molecule has 4 rings (SSSR count). The fraction of sp³-hybridized carbons (Fsp3) is 0.389. The monoisotopic (exact) mass is 391 g/mol. The second-order valence-electron chi connectivity index (χ2n) is 6.79. The molecule has 1 aromatic heterocycles. The number of carbonyl (C=O) groups is 1. The summed E-state index contributed by atoms with van der Waals surface area (Å²) in [6.45, 7) is 0.789. The van der Waals surface area contributed by atoms with Gasteiger partial charge in [-0.2, -0.15) is 4.31 Å². The number of hydrogen-bond acceptors (Lipinski definition) is 5. The molecule has 0 aliphatic carbocycles. The van der Waals surface area contributed by atoms with Crippen molar-refractivity contribution in [2.75, 3.05) is 13.1 Å². The van der Waals surface area contributed by atoms with E-state index in [1.54, 1.807) is 17.5 Å². The smallest absolute Gasteiger partial charge is 0.252 e. The standard InChI is InChI=1S/C18H21N3O3S2/c22-17-15(13-14-5-2-1-3-6-14)19-18(20-17)8-10-21(11-9-18)26(23,24)16-7-4-12-25-16/h1-7,12,15,19H,8-11,13H2,(H,20,22). The molecule has 2 aromatic rings. The molecule has 2 saturated heterocycles. The minimum Gasteiger partial charge on any atom is -0.337 e. The summed E-state index contributed by atoms with van der Waals surface area (Å²) in [7, 11) is -3.43.